The molecular weight excluding hydrogens is 214 g/mol. The molecule has 0 aromatic carbocycles. The molecule has 2 N–H and O–H groups in total. The number of nitrogens with zero attached hydrogens (tertiary/aromatic N) is 1. The highest BCUT2D eigenvalue weighted by molar-refractivity contribution is 5.78. The number of hydrogen-bond acceptors (Lipinski definition) is 3. The van der Waals surface area contributed by atoms with Gasteiger partial charge in [0.1, 0.15) is 0 Å². The molecule has 0 spiro atoms. The smallest absolute Gasteiger partial charge is 0.234 e. The lowest BCUT2D eigenvalue weighted by Gasteiger charge is -2.25. The van der Waals surface area contributed by atoms with Crippen molar-refractivity contribution in [3.63, 3.8) is 0 Å². The fourth-order valence-corrected chi connectivity index (χ4v) is 1.23. The molecule has 0 rings (SSSR count). The Morgan fingerprint density at radius 2 is 1.94 bits per heavy atom. The van der Waals surface area contributed by atoms with E-state index >= 15 is 0 Å². The second-order valence-corrected chi connectivity index (χ2v) is 5.54. The van der Waals surface area contributed by atoms with E-state index in [1.54, 1.807) is 0 Å². The SMILES string of the molecule is CCC(C)(C)NC(=O)CNCCN(C)C(C)C. The van der Waals surface area contributed by atoms with Crippen molar-refractivity contribution in [3.05, 3.63) is 0 Å². The third kappa shape index (κ3) is 8.16. The first-order valence-corrected chi connectivity index (χ1v) is 6.50. The van der Waals surface area contributed by atoms with Crippen molar-refractivity contribution in [3.8, 4) is 0 Å². The fourth-order valence-electron chi connectivity index (χ4n) is 1.23. The molecule has 0 saturated carbocycles. The maximum absolute atomic E-state index is 11.6. The lowest BCUT2D eigenvalue weighted by Crippen LogP contribution is -2.47. The minimum atomic E-state index is -0.104. The van der Waals surface area contributed by atoms with E-state index in [2.05, 4.69) is 43.4 Å². The van der Waals surface area contributed by atoms with Crippen molar-refractivity contribution in [1.82, 2.24) is 15.5 Å². The molecule has 0 radical (unpaired) electrons. The Balaban J connectivity index is 3.66. The number of rotatable bonds is 8. The number of hydrogen-bond donors (Lipinski definition) is 2. The minimum Gasteiger partial charge on any atom is -0.350 e. The summed E-state index contributed by atoms with van der Waals surface area (Å²) in [5.41, 5.74) is -0.104. The van der Waals surface area contributed by atoms with Gasteiger partial charge in [0, 0.05) is 24.7 Å². The van der Waals surface area contributed by atoms with Crippen molar-refractivity contribution in [2.24, 2.45) is 0 Å². The molecule has 17 heavy (non-hydrogen) atoms. The van der Waals surface area contributed by atoms with Crippen LogP contribution in [0.3, 0.4) is 0 Å². The van der Waals surface area contributed by atoms with Gasteiger partial charge in [0.05, 0.1) is 6.54 Å². The zero-order valence-corrected chi connectivity index (χ0v) is 12.3. The molecule has 0 unspecified atom stereocenters. The Kier molecular flexibility index (Phi) is 7.39. The summed E-state index contributed by atoms with van der Waals surface area (Å²) in [6, 6.07) is 0.546. The summed E-state index contributed by atoms with van der Waals surface area (Å²) in [7, 11) is 2.09. The third-order valence-electron chi connectivity index (χ3n) is 3.17. The van der Waals surface area contributed by atoms with Gasteiger partial charge in [-0.1, -0.05) is 6.92 Å². The Bertz CT molecular complexity index is 227. The summed E-state index contributed by atoms with van der Waals surface area (Å²) in [5, 5.41) is 6.17. The average molecular weight is 243 g/mol. The zero-order valence-electron chi connectivity index (χ0n) is 12.3. The van der Waals surface area contributed by atoms with Crippen LogP contribution in [0.15, 0.2) is 0 Å². The van der Waals surface area contributed by atoms with Gasteiger partial charge in [-0.05, 0) is 41.2 Å². The van der Waals surface area contributed by atoms with Crippen LogP contribution in [0.4, 0.5) is 0 Å². The predicted molar refractivity (Wildman–Crippen MR) is 73.1 cm³/mol. The first-order valence-electron chi connectivity index (χ1n) is 6.50. The molecule has 0 aliphatic rings. The normalized spacial score (nSPS) is 12.2. The van der Waals surface area contributed by atoms with E-state index in [1.807, 2.05) is 13.8 Å². The average Bonchev–Trinajstić information content (AvgIpc) is 2.23. The monoisotopic (exact) mass is 243 g/mol. The maximum Gasteiger partial charge on any atom is 0.234 e. The molecule has 0 saturated heterocycles. The fraction of sp³-hybridized carbons (Fsp3) is 0.923. The largest absolute Gasteiger partial charge is 0.350 e. The van der Waals surface area contributed by atoms with Gasteiger partial charge in [-0.3, -0.25) is 4.79 Å². The van der Waals surface area contributed by atoms with Crippen LogP contribution in [-0.2, 0) is 4.79 Å². The quantitative estimate of drug-likeness (QED) is 0.630. The van der Waals surface area contributed by atoms with Gasteiger partial charge < -0.3 is 15.5 Å². The molecule has 1 amide bonds. The van der Waals surface area contributed by atoms with Crippen molar-refractivity contribution in [2.45, 2.75) is 52.6 Å². The van der Waals surface area contributed by atoms with Crippen LogP contribution in [-0.4, -0.2) is 49.1 Å². The van der Waals surface area contributed by atoms with Crippen molar-refractivity contribution in [1.29, 1.82) is 0 Å². The van der Waals surface area contributed by atoms with Gasteiger partial charge >= 0.3 is 0 Å². The number of amides is 1. The Morgan fingerprint density at radius 1 is 1.35 bits per heavy atom. The molecule has 0 bridgehead atoms. The number of nitrogens with one attached hydrogen (secondary N) is 2. The number of carbonyl (C=O) groups is 1. The molecule has 4 heteroatoms. The van der Waals surface area contributed by atoms with E-state index in [1.165, 1.54) is 0 Å². The predicted octanol–water partition coefficient (Wildman–Crippen LogP) is 1.22. The first kappa shape index (κ1) is 16.4. The minimum absolute atomic E-state index is 0.0732. The summed E-state index contributed by atoms with van der Waals surface area (Å²) >= 11 is 0. The topological polar surface area (TPSA) is 44.4 Å². The lowest BCUT2D eigenvalue weighted by atomic mass is 10.0. The molecule has 0 heterocycles. The van der Waals surface area contributed by atoms with Gasteiger partial charge in [0.25, 0.3) is 0 Å². The Labute approximate surface area is 106 Å². The lowest BCUT2D eigenvalue weighted by molar-refractivity contribution is -0.121. The molecule has 0 atom stereocenters. The van der Waals surface area contributed by atoms with E-state index < -0.39 is 0 Å². The highest BCUT2D eigenvalue weighted by Crippen LogP contribution is 2.05. The second kappa shape index (κ2) is 7.67. The first-order chi connectivity index (χ1) is 7.78. The maximum atomic E-state index is 11.6. The summed E-state index contributed by atoms with van der Waals surface area (Å²) in [6.45, 7) is 12.7. The van der Waals surface area contributed by atoms with Crippen LogP contribution < -0.4 is 10.6 Å². The highest BCUT2D eigenvalue weighted by atomic mass is 16.2. The van der Waals surface area contributed by atoms with Crippen LogP contribution in [0.25, 0.3) is 0 Å². The van der Waals surface area contributed by atoms with Crippen LogP contribution in [0.1, 0.15) is 41.0 Å². The van der Waals surface area contributed by atoms with Gasteiger partial charge in [-0.2, -0.15) is 0 Å². The van der Waals surface area contributed by atoms with Gasteiger partial charge in [-0.15, -0.1) is 0 Å². The molecule has 0 aliphatic carbocycles. The van der Waals surface area contributed by atoms with Gasteiger partial charge in [0.15, 0.2) is 0 Å². The van der Waals surface area contributed by atoms with Crippen molar-refractivity contribution < 1.29 is 4.79 Å². The van der Waals surface area contributed by atoms with E-state index in [9.17, 15) is 4.79 Å². The molecule has 0 aromatic heterocycles. The zero-order chi connectivity index (χ0) is 13.5. The summed E-state index contributed by atoms with van der Waals surface area (Å²) in [6.07, 6.45) is 0.939. The standard InChI is InChI=1S/C13H29N3O/c1-7-13(4,5)15-12(17)10-14-8-9-16(6)11(2)3/h11,14H,7-10H2,1-6H3,(H,15,17). The van der Waals surface area contributed by atoms with E-state index in [-0.39, 0.29) is 11.4 Å². The van der Waals surface area contributed by atoms with E-state index in [4.69, 9.17) is 0 Å². The molecule has 102 valence electrons. The van der Waals surface area contributed by atoms with Gasteiger partial charge in [-0.25, -0.2) is 0 Å². The molecule has 4 nitrogen and oxygen atoms in total. The highest BCUT2D eigenvalue weighted by Gasteiger charge is 2.17. The van der Waals surface area contributed by atoms with Crippen LogP contribution in [0.5, 0.6) is 0 Å². The van der Waals surface area contributed by atoms with Crippen LogP contribution in [0.2, 0.25) is 0 Å². The second-order valence-electron chi connectivity index (χ2n) is 5.54. The van der Waals surface area contributed by atoms with Crippen LogP contribution in [0, 0.1) is 0 Å². The van der Waals surface area contributed by atoms with Crippen molar-refractivity contribution >= 4 is 5.91 Å². The summed E-state index contributed by atoms with van der Waals surface area (Å²) in [5.74, 6) is 0.0732. The molecular formula is C13H29N3O. The summed E-state index contributed by atoms with van der Waals surface area (Å²) < 4.78 is 0. The van der Waals surface area contributed by atoms with Crippen molar-refractivity contribution in [2.75, 3.05) is 26.7 Å². The molecule has 0 fully saturated rings. The third-order valence-corrected chi connectivity index (χ3v) is 3.17. The number of carbonyl (C=O) groups excluding carboxylic acids is 1. The van der Waals surface area contributed by atoms with Gasteiger partial charge in [0.2, 0.25) is 5.91 Å². The number of likely N-dealkylation sites (N-methyl/N-ethyl adjacent to an activating group) is 1. The van der Waals surface area contributed by atoms with E-state index in [0.29, 0.717) is 12.6 Å². The van der Waals surface area contributed by atoms with E-state index in [0.717, 1.165) is 19.5 Å². The van der Waals surface area contributed by atoms with Crippen LogP contribution >= 0.6 is 0 Å². The molecule has 0 aromatic rings. The Hall–Kier alpha value is -0.610. The molecule has 0 aliphatic heterocycles. The Morgan fingerprint density at radius 3 is 2.41 bits per heavy atom. The summed E-state index contributed by atoms with van der Waals surface area (Å²) in [4.78, 5) is 13.9.